The van der Waals surface area contributed by atoms with E-state index in [1.165, 1.54) is 0 Å². The molecule has 0 aromatic heterocycles. The van der Waals surface area contributed by atoms with Crippen molar-refractivity contribution in [2.75, 3.05) is 13.7 Å². The molecule has 0 aliphatic carbocycles. The number of methoxy groups -OCH3 is 1. The van der Waals surface area contributed by atoms with Crippen molar-refractivity contribution in [2.45, 2.75) is 12.6 Å². The Kier molecular flexibility index (Phi) is 4.22. The van der Waals surface area contributed by atoms with Crippen LogP contribution in [0.25, 0.3) is 0 Å². The first kappa shape index (κ1) is 11.7. The van der Waals surface area contributed by atoms with Gasteiger partial charge in [-0.25, -0.2) is 4.79 Å². The van der Waals surface area contributed by atoms with E-state index in [4.69, 9.17) is 0 Å². The SMILES string of the molecule is COC(=O)C(=O)NCCC(F)(F)F. The molecule has 0 aromatic carbocycles. The lowest BCUT2D eigenvalue weighted by molar-refractivity contribution is -0.154. The fourth-order valence-electron chi connectivity index (χ4n) is 0.483. The molecule has 0 spiro atoms. The minimum Gasteiger partial charge on any atom is -0.462 e. The molecule has 0 heterocycles. The van der Waals surface area contributed by atoms with Gasteiger partial charge in [-0.3, -0.25) is 4.79 Å². The van der Waals surface area contributed by atoms with E-state index < -0.39 is 31.0 Å². The topological polar surface area (TPSA) is 55.4 Å². The first-order valence-corrected chi connectivity index (χ1v) is 3.29. The summed E-state index contributed by atoms with van der Waals surface area (Å²) in [7, 11) is 0.964. The van der Waals surface area contributed by atoms with Crippen LogP contribution in [-0.4, -0.2) is 31.7 Å². The van der Waals surface area contributed by atoms with Gasteiger partial charge in [-0.1, -0.05) is 0 Å². The molecular formula is C6H8F3NO3. The molecule has 0 saturated carbocycles. The maximum Gasteiger partial charge on any atom is 0.396 e. The third kappa shape index (κ3) is 5.94. The van der Waals surface area contributed by atoms with Gasteiger partial charge in [0.05, 0.1) is 13.5 Å². The zero-order valence-corrected chi connectivity index (χ0v) is 6.77. The van der Waals surface area contributed by atoms with Crippen molar-refractivity contribution >= 4 is 11.9 Å². The average Bonchev–Trinajstić information content (AvgIpc) is 2.00. The molecule has 0 rings (SSSR count). The Morgan fingerprint density at radius 2 is 1.92 bits per heavy atom. The summed E-state index contributed by atoms with van der Waals surface area (Å²) in [6, 6.07) is 0. The summed E-state index contributed by atoms with van der Waals surface area (Å²) in [5.41, 5.74) is 0. The van der Waals surface area contributed by atoms with Crippen LogP contribution in [0.4, 0.5) is 13.2 Å². The maximum atomic E-state index is 11.5. The predicted molar refractivity (Wildman–Crippen MR) is 35.7 cm³/mol. The third-order valence-electron chi connectivity index (χ3n) is 1.06. The number of nitrogens with one attached hydrogen (secondary N) is 1. The molecule has 7 heteroatoms. The molecule has 1 N–H and O–H groups in total. The summed E-state index contributed by atoms with van der Waals surface area (Å²) in [4.78, 5) is 20.9. The first-order valence-electron chi connectivity index (χ1n) is 3.29. The van der Waals surface area contributed by atoms with Crippen molar-refractivity contribution in [1.82, 2.24) is 5.32 Å². The van der Waals surface area contributed by atoms with Crippen molar-refractivity contribution in [2.24, 2.45) is 0 Å². The quantitative estimate of drug-likeness (QED) is 0.511. The van der Waals surface area contributed by atoms with Crippen LogP contribution < -0.4 is 5.32 Å². The number of carbonyl (C=O) groups excluding carboxylic acids is 2. The van der Waals surface area contributed by atoms with Crippen molar-refractivity contribution in [3.63, 3.8) is 0 Å². The van der Waals surface area contributed by atoms with E-state index in [9.17, 15) is 22.8 Å². The van der Waals surface area contributed by atoms with Crippen LogP contribution in [0.15, 0.2) is 0 Å². The second-order valence-electron chi connectivity index (χ2n) is 2.11. The van der Waals surface area contributed by atoms with Crippen molar-refractivity contribution in [3.8, 4) is 0 Å². The lowest BCUT2D eigenvalue weighted by Gasteiger charge is -2.06. The summed E-state index contributed by atoms with van der Waals surface area (Å²) < 4.78 is 38.5. The van der Waals surface area contributed by atoms with E-state index in [2.05, 4.69) is 4.74 Å². The predicted octanol–water partition coefficient (Wildman–Crippen LogP) is 0.228. The molecule has 0 fully saturated rings. The number of hydrogen-bond acceptors (Lipinski definition) is 3. The summed E-state index contributed by atoms with van der Waals surface area (Å²) in [6.45, 7) is -0.628. The third-order valence-corrected chi connectivity index (χ3v) is 1.06. The van der Waals surface area contributed by atoms with Gasteiger partial charge < -0.3 is 10.1 Å². The van der Waals surface area contributed by atoms with E-state index in [0.29, 0.717) is 0 Å². The molecule has 1 amide bonds. The van der Waals surface area contributed by atoms with Crippen molar-refractivity contribution in [3.05, 3.63) is 0 Å². The molecule has 0 aromatic rings. The fraction of sp³-hybridized carbons (Fsp3) is 0.667. The van der Waals surface area contributed by atoms with Crippen molar-refractivity contribution < 1.29 is 27.5 Å². The molecule has 0 unspecified atom stereocenters. The Bertz CT molecular complexity index is 202. The summed E-state index contributed by atoms with van der Waals surface area (Å²) >= 11 is 0. The van der Waals surface area contributed by atoms with E-state index in [0.717, 1.165) is 7.11 Å². The molecular weight excluding hydrogens is 191 g/mol. The van der Waals surface area contributed by atoms with Gasteiger partial charge in [0.2, 0.25) is 0 Å². The molecule has 0 bridgehead atoms. The van der Waals surface area contributed by atoms with Crippen LogP contribution in [-0.2, 0) is 14.3 Å². The Balaban J connectivity index is 3.66. The Labute approximate surface area is 72.0 Å². The van der Waals surface area contributed by atoms with Gasteiger partial charge in [-0.2, -0.15) is 13.2 Å². The molecule has 0 aliphatic heterocycles. The molecule has 76 valence electrons. The van der Waals surface area contributed by atoms with Crippen LogP contribution in [0.5, 0.6) is 0 Å². The number of ether oxygens (including phenoxy) is 1. The van der Waals surface area contributed by atoms with Crippen LogP contribution in [0.3, 0.4) is 0 Å². The lowest BCUT2D eigenvalue weighted by atomic mass is 10.4. The number of esters is 1. The van der Waals surface area contributed by atoms with E-state index >= 15 is 0 Å². The van der Waals surface area contributed by atoms with Gasteiger partial charge >= 0.3 is 18.1 Å². The zero-order valence-electron chi connectivity index (χ0n) is 6.77. The Morgan fingerprint density at radius 3 is 2.31 bits per heavy atom. The van der Waals surface area contributed by atoms with Crippen LogP contribution in [0, 0.1) is 0 Å². The first-order chi connectivity index (χ1) is 5.87. The monoisotopic (exact) mass is 199 g/mol. The highest BCUT2D eigenvalue weighted by atomic mass is 19.4. The molecule has 0 aliphatic rings. The number of amides is 1. The Morgan fingerprint density at radius 1 is 1.38 bits per heavy atom. The minimum atomic E-state index is -4.34. The molecule has 0 atom stereocenters. The number of halogens is 3. The van der Waals surface area contributed by atoms with Gasteiger partial charge in [0.1, 0.15) is 0 Å². The van der Waals surface area contributed by atoms with E-state index in [-0.39, 0.29) is 0 Å². The van der Waals surface area contributed by atoms with E-state index in [1.54, 1.807) is 5.32 Å². The van der Waals surface area contributed by atoms with Crippen LogP contribution in [0.1, 0.15) is 6.42 Å². The Hall–Kier alpha value is -1.27. The highest BCUT2D eigenvalue weighted by molar-refractivity contribution is 6.32. The van der Waals surface area contributed by atoms with Gasteiger partial charge in [-0.15, -0.1) is 0 Å². The summed E-state index contributed by atoms with van der Waals surface area (Å²) in [5, 5.41) is 1.76. The minimum absolute atomic E-state index is 0.628. The standard InChI is InChI=1S/C6H8F3NO3/c1-13-5(12)4(11)10-3-2-6(7,8)9/h2-3H2,1H3,(H,10,11). The second kappa shape index (κ2) is 4.68. The normalized spacial score (nSPS) is 10.8. The maximum absolute atomic E-state index is 11.5. The summed E-state index contributed by atoms with van der Waals surface area (Å²) in [5.74, 6) is -2.38. The molecule has 13 heavy (non-hydrogen) atoms. The smallest absolute Gasteiger partial charge is 0.396 e. The average molecular weight is 199 g/mol. The molecule has 4 nitrogen and oxygen atoms in total. The lowest BCUT2D eigenvalue weighted by Crippen LogP contribution is -2.34. The highest BCUT2D eigenvalue weighted by Crippen LogP contribution is 2.17. The van der Waals surface area contributed by atoms with E-state index in [1.807, 2.05) is 0 Å². The van der Waals surface area contributed by atoms with Gasteiger partial charge in [-0.05, 0) is 0 Å². The second-order valence-corrected chi connectivity index (χ2v) is 2.11. The van der Waals surface area contributed by atoms with Gasteiger partial charge in [0.15, 0.2) is 0 Å². The number of rotatable bonds is 2. The fourth-order valence-corrected chi connectivity index (χ4v) is 0.483. The summed E-state index contributed by atoms with van der Waals surface area (Å²) in [6.07, 6.45) is -5.51. The highest BCUT2D eigenvalue weighted by Gasteiger charge is 2.27. The van der Waals surface area contributed by atoms with Crippen LogP contribution in [0.2, 0.25) is 0 Å². The zero-order chi connectivity index (χ0) is 10.5. The largest absolute Gasteiger partial charge is 0.462 e. The number of carbonyl (C=O) groups is 2. The van der Waals surface area contributed by atoms with Crippen molar-refractivity contribution in [1.29, 1.82) is 0 Å². The van der Waals surface area contributed by atoms with Gasteiger partial charge in [0, 0.05) is 6.54 Å². The van der Waals surface area contributed by atoms with Crippen LogP contribution >= 0.6 is 0 Å². The van der Waals surface area contributed by atoms with Gasteiger partial charge in [0.25, 0.3) is 0 Å². The number of hydrogen-bond donors (Lipinski definition) is 1. The molecule has 0 saturated heterocycles. The molecule has 0 radical (unpaired) electrons. The number of alkyl halides is 3.